The highest BCUT2D eigenvalue weighted by Crippen LogP contribution is 2.26. The molecule has 1 aromatic rings. The number of benzene rings is 1. The van der Waals surface area contributed by atoms with Gasteiger partial charge >= 0.3 is 5.97 Å². The highest BCUT2D eigenvalue weighted by Gasteiger charge is 2.14. The Morgan fingerprint density at radius 2 is 2.13 bits per heavy atom. The molecule has 0 spiro atoms. The first-order chi connectivity index (χ1) is 7.16. The average Bonchev–Trinajstić information content (AvgIpc) is 2.64. The molecule has 2 N–H and O–H groups in total. The van der Waals surface area contributed by atoms with Crippen molar-refractivity contribution in [3.8, 4) is 5.75 Å². The van der Waals surface area contributed by atoms with Crippen LogP contribution in [0.2, 0.25) is 0 Å². The van der Waals surface area contributed by atoms with Crippen molar-refractivity contribution in [1.29, 1.82) is 0 Å². The molecule has 1 atom stereocenters. The maximum Gasteiger partial charge on any atom is 0.328 e. The lowest BCUT2D eigenvalue weighted by atomic mass is 10.1. The average molecular weight is 205 g/mol. The summed E-state index contributed by atoms with van der Waals surface area (Å²) < 4.78 is 5.14. The molecule has 1 aliphatic carbocycles. The minimum atomic E-state index is -0.571. The van der Waals surface area contributed by atoms with Crippen LogP contribution in [-0.4, -0.2) is 12.0 Å². The molecule has 0 amide bonds. The number of rotatable bonds is 2. The lowest BCUT2D eigenvalue weighted by molar-refractivity contribution is -0.135. The van der Waals surface area contributed by atoms with E-state index in [0.29, 0.717) is 5.75 Å². The first-order valence-corrected chi connectivity index (χ1v) is 5.26. The Morgan fingerprint density at radius 1 is 1.40 bits per heavy atom. The van der Waals surface area contributed by atoms with Gasteiger partial charge in [0, 0.05) is 0 Å². The zero-order valence-corrected chi connectivity index (χ0v) is 8.82. The fourth-order valence-corrected chi connectivity index (χ4v) is 1.82. The summed E-state index contributed by atoms with van der Waals surface area (Å²) >= 11 is 0. The number of aryl methyl sites for hydroxylation is 2. The summed E-state index contributed by atoms with van der Waals surface area (Å²) in [7, 11) is 0. The van der Waals surface area contributed by atoms with Crippen LogP contribution in [0.25, 0.3) is 0 Å². The first kappa shape index (κ1) is 10.2. The van der Waals surface area contributed by atoms with E-state index in [1.54, 1.807) is 6.92 Å². The van der Waals surface area contributed by atoms with Gasteiger partial charge in [0.15, 0.2) is 0 Å². The van der Waals surface area contributed by atoms with Gasteiger partial charge in [-0.25, -0.2) is 4.79 Å². The van der Waals surface area contributed by atoms with Gasteiger partial charge in [0.05, 0.1) is 0 Å². The van der Waals surface area contributed by atoms with E-state index >= 15 is 0 Å². The molecule has 0 radical (unpaired) electrons. The summed E-state index contributed by atoms with van der Waals surface area (Å²) in [5, 5.41) is 0. The highest BCUT2D eigenvalue weighted by molar-refractivity contribution is 5.77. The van der Waals surface area contributed by atoms with Crippen LogP contribution in [0, 0.1) is 0 Å². The molecule has 0 bridgehead atoms. The van der Waals surface area contributed by atoms with Crippen molar-refractivity contribution in [3.63, 3.8) is 0 Å². The van der Waals surface area contributed by atoms with Crippen LogP contribution in [0.3, 0.4) is 0 Å². The van der Waals surface area contributed by atoms with Gasteiger partial charge in [0.25, 0.3) is 0 Å². The van der Waals surface area contributed by atoms with Crippen LogP contribution >= 0.6 is 0 Å². The quantitative estimate of drug-likeness (QED) is 0.587. The standard InChI is InChI=1S/C12H15NO2/c1-8(13)12(14)15-11-6-5-9-3-2-4-10(9)7-11/h5-8H,2-4,13H2,1H3. The number of carbonyl (C=O) groups is 1. The van der Waals surface area contributed by atoms with E-state index in [0.717, 1.165) is 12.8 Å². The second-order valence-corrected chi connectivity index (χ2v) is 3.99. The van der Waals surface area contributed by atoms with Crippen molar-refractivity contribution in [2.24, 2.45) is 5.73 Å². The van der Waals surface area contributed by atoms with Crippen molar-refractivity contribution >= 4 is 5.97 Å². The molecular formula is C12H15NO2. The maximum absolute atomic E-state index is 11.3. The smallest absolute Gasteiger partial charge is 0.328 e. The van der Waals surface area contributed by atoms with Crippen LogP contribution in [0.5, 0.6) is 5.75 Å². The number of nitrogens with two attached hydrogens (primary N) is 1. The predicted molar refractivity (Wildman–Crippen MR) is 57.8 cm³/mol. The van der Waals surface area contributed by atoms with E-state index in [1.165, 1.54) is 17.5 Å². The van der Waals surface area contributed by atoms with Gasteiger partial charge in [-0.1, -0.05) is 6.07 Å². The topological polar surface area (TPSA) is 52.3 Å². The summed E-state index contributed by atoms with van der Waals surface area (Å²) in [5.41, 5.74) is 8.09. The minimum Gasteiger partial charge on any atom is -0.425 e. The van der Waals surface area contributed by atoms with Crippen molar-refractivity contribution < 1.29 is 9.53 Å². The molecule has 0 saturated heterocycles. The maximum atomic E-state index is 11.3. The summed E-state index contributed by atoms with van der Waals surface area (Å²) in [4.78, 5) is 11.3. The third-order valence-electron chi connectivity index (χ3n) is 2.66. The van der Waals surface area contributed by atoms with Crippen molar-refractivity contribution in [1.82, 2.24) is 0 Å². The molecule has 1 aliphatic rings. The summed E-state index contributed by atoms with van der Waals surface area (Å²) in [6.45, 7) is 1.62. The number of hydrogen-bond donors (Lipinski definition) is 1. The van der Waals surface area contributed by atoms with Crippen LogP contribution < -0.4 is 10.5 Å². The SMILES string of the molecule is CC(N)C(=O)Oc1ccc2c(c1)CCC2. The monoisotopic (exact) mass is 205 g/mol. The lowest BCUT2D eigenvalue weighted by Crippen LogP contribution is -2.30. The van der Waals surface area contributed by atoms with Gasteiger partial charge in [-0.05, 0) is 49.4 Å². The van der Waals surface area contributed by atoms with E-state index in [4.69, 9.17) is 10.5 Å². The van der Waals surface area contributed by atoms with Gasteiger partial charge in [-0.3, -0.25) is 0 Å². The van der Waals surface area contributed by atoms with E-state index in [-0.39, 0.29) is 5.97 Å². The number of ether oxygens (including phenoxy) is 1. The molecule has 15 heavy (non-hydrogen) atoms. The number of carbonyl (C=O) groups excluding carboxylic acids is 1. The van der Waals surface area contributed by atoms with E-state index in [2.05, 4.69) is 0 Å². The largest absolute Gasteiger partial charge is 0.425 e. The Bertz CT molecular complexity index is 385. The fourth-order valence-electron chi connectivity index (χ4n) is 1.82. The zero-order valence-electron chi connectivity index (χ0n) is 8.82. The predicted octanol–water partition coefficient (Wildman–Crippen LogP) is 1.43. The normalized spacial score (nSPS) is 15.9. The lowest BCUT2D eigenvalue weighted by Gasteiger charge is -2.08. The minimum absolute atomic E-state index is 0.382. The molecule has 1 unspecified atom stereocenters. The molecule has 2 rings (SSSR count). The Kier molecular flexibility index (Phi) is 2.73. The van der Waals surface area contributed by atoms with Crippen molar-refractivity contribution in [3.05, 3.63) is 29.3 Å². The van der Waals surface area contributed by atoms with Crippen molar-refractivity contribution in [2.75, 3.05) is 0 Å². The third-order valence-corrected chi connectivity index (χ3v) is 2.66. The Balaban J connectivity index is 2.13. The van der Waals surface area contributed by atoms with Gasteiger partial charge in [0.1, 0.15) is 11.8 Å². The summed E-state index contributed by atoms with van der Waals surface area (Å²) in [6, 6.07) is 5.25. The van der Waals surface area contributed by atoms with Crippen molar-refractivity contribution in [2.45, 2.75) is 32.2 Å². The van der Waals surface area contributed by atoms with Crippen LogP contribution in [0.1, 0.15) is 24.5 Å². The Hall–Kier alpha value is -1.35. The zero-order chi connectivity index (χ0) is 10.8. The molecule has 3 nitrogen and oxygen atoms in total. The molecule has 1 aromatic carbocycles. The van der Waals surface area contributed by atoms with Crippen LogP contribution in [0.4, 0.5) is 0 Å². The van der Waals surface area contributed by atoms with E-state index in [1.807, 2.05) is 18.2 Å². The molecule has 0 heterocycles. The fraction of sp³-hybridized carbons (Fsp3) is 0.417. The Morgan fingerprint density at radius 3 is 2.87 bits per heavy atom. The highest BCUT2D eigenvalue weighted by atomic mass is 16.5. The second kappa shape index (κ2) is 4.03. The molecule has 0 aliphatic heterocycles. The van der Waals surface area contributed by atoms with E-state index < -0.39 is 6.04 Å². The number of hydrogen-bond acceptors (Lipinski definition) is 3. The summed E-state index contributed by atoms with van der Waals surface area (Å²) in [6.07, 6.45) is 3.41. The third kappa shape index (κ3) is 2.18. The molecule has 0 aromatic heterocycles. The van der Waals surface area contributed by atoms with Gasteiger partial charge < -0.3 is 10.5 Å². The van der Waals surface area contributed by atoms with Gasteiger partial charge in [-0.2, -0.15) is 0 Å². The second-order valence-electron chi connectivity index (χ2n) is 3.99. The number of esters is 1. The Labute approximate surface area is 89.2 Å². The van der Waals surface area contributed by atoms with Crippen LogP contribution in [0.15, 0.2) is 18.2 Å². The molecular weight excluding hydrogens is 190 g/mol. The van der Waals surface area contributed by atoms with Crippen LogP contribution in [-0.2, 0) is 17.6 Å². The van der Waals surface area contributed by atoms with Gasteiger partial charge in [0.2, 0.25) is 0 Å². The first-order valence-electron chi connectivity index (χ1n) is 5.26. The molecule has 80 valence electrons. The van der Waals surface area contributed by atoms with Gasteiger partial charge in [-0.15, -0.1) is 0 Å². The molecule has 0 saturated carbocycles. The number of fused-ring (bicyclic) bond motifs is 1. The summed E-state index contributed by atoms with van der Waals surface area (Å²) in [5.74, 6) is 0.228. The molecule has 3 heteroatoms. The molecule has 0 fully saturated rings. The van der Waals surface area contributed by atoms with E-state index in [9.17, 15) is 4.79 Å².